The van der Waals surface area contributed by atoms with E-state index >= 15 is 0 Å². The van der Waals surface area contributed by atoms with E-state index < -0.39 is 5.78 Å². The van der Waals surface area contributed by atoms with E-state index in [4.69, 9.17) is 0 Å². The van der Waals surface area contributed by atoms with E-state index in [-0.39, 0.29) is 34.1 Å². The third-order valence-electron chi connectivity index (χ3n) is 5.21. The first-order valence-electron chi connectivity index (χ1n) is 10.1. The zero-order valence-corrected chi connectivity index (χ0v) is 18.2. The van der Waals surface area contributed by atoms with Gasteiger partial charge >= 0.3 is 5.69 Å². The summed E-state index contributed by atoms with van der Waals surface area (Å²) in [5, 5.41) is 17.3. The summed E-state index contributed by atoms with van der Waals surface area (Å²) in [6, 6.07) is 19.7. The van der Waals surface area contributed by atoms with Crippen LogP contribution in [0.3, 0.4) is 0 Å². The number of benzene rings is 3. The topological polar surface area (TPSA) is 97.1 Å². The molecule has 4 rings (SSSR count). The van der Waals surface area contributed by atoms with Gasteiger partial charge in [-0.25, -0.2) is 0 Å². The molecule has 0 saturated heterocycles. The highest BCUT2D eigenvalue weighted by Gasteiger charge is 2.26. The van der Waals surface area contributed by atoms with Gasteiger partial charge < -0.3 is 15.3 Å². The van der Waals surface area contributed by atoms with E-state index in [1.165, 1.54) is 24.8 Å². The Morgan fingerprint density at radius 2 is 1.75 bits per heavy atom. The Labute approximate surface area is 188 Å². The van der Waals surface area contributed by atoms with Gasteiger partial charge in [0, 0.05) is 28.8 Å². The Morgan fingerprint density at radius 3 is 2.56 bits per heavy atom. The van der Waals surface area contributed by atoms with Crippen molar-refractivity contribution in [3.63, 3.8) is 0 Å². The molecule has 7 nitrogen and oxygen atoms in total. The van der Waals surface area contributed by atoms with Crippen LogP contribution < -0.4 is 9.74 Å². The second-order valence-corrected chi connectivity index (χ2v) is 8.41. The average Bonchev–Trinajstić information content (AvgIpc) is 2.82. The van der Waals surface area contributed by atoms with Gasteiger partial charge in [-0.3, -0.25) is 9.59 Å². The van der Waals surface area contributed by atoms with Crippen LogP contribution >= 0.6 is 11.8 Å². The number of fused-ring (bicyclic) bond motifs is 2. The normalized spacial score (nSPS) is 11.0. The molecule has 0 atom stereocenters. The first kappa shape index (κ1) is 21.6. The Kier molecular flexibility index (Phi) is 6.23. The second kappa shape index (κ2) is 9.23. The molecule has 0 aliphatic rings. The molecular formula is C24H21N3O4S. The number of nitrogens with zero attached hydrogens (tertiary/aromatic N) is 2. The number of amides is 1. The zero-order valence-electron chi connectivity index (χ0n) is 17.4. The monoisotopic (exact) mass is 447 g/mol. The Balaban J connectivity index is 1.34. The minimum absolute atomic E-state index is 0.0350. The number of carbonyl (C=O) groups is 2. The molecule has 0 unspecified atom stereocenters. The lowest BCUT2D eigenvalue weighted by molar-refractivity contribution is -0.468. The van der Waals surface area contributed by atoms with Crippen molar-refractivity contribution in [2.75, 3.05) is 18.1 Å². The number of para-hydroxylation sites is 2. The molecule has 0 aliphatic carbocycles. The highest BCUT2D eigenvalue weighted by Crippen LogP contribution is 2.17. The van der Waals surface area contributed by atoms with Gasteiger partial charge in [0.05, 0.1) is 15.9 Å². The third kappa shape index (κ3) is 4.22. The number of aromatic nitrogens is 2. The Morgan fingerprint density at radius 1 is 1.03 bits per heavy atom. The molecule has 0 saturated carbocycles. The fourth-order valence-electron chi connectivity index (χ4n) is 3.57. The van der Waals surface area contributed by atoms with Crippen LogP contribution in [0.5, 0.6) is 0 Å². The molecule has 0 aliphatic heterocycles. The maximum atomic E-state index is 12.6. The number of hydrogen-bond donors (Lipinski definition) is 1. The van der Waals surface area contributed by atoms with Crippen molar-refractivity contribution in [1.29, 1.82) is 0 Å². The van der Waals surface area contributed by atoms with E-state index in [0.29, 0.717) is 27.0 Å². The highest BCUT2D eigenvalue weighted by atomic mass is 32.2. The minimum atomic E-state index is -0.418. The molecule has 0 fully saturated rings. The number of nitrogens with one attached hydrogen (secondary N) is 1. The van der Waals surface area contributed by atoms with Crippen molar-refractivity contribution in [2.45, 2.75) is 6.92 Å². The fraction of sp³-hybridized carbons (Fsp3) is 0.167. The van der Waals surface area contributed by atoms with Crippen LogP contribution in [0.15, 0.2) is 66.7 Å². The van der Waals surface area contributed by atoms with Crippen LogP contribution in [0.2, 0.25) is 0 Å². The van der Waals surface area contributed by atoms with Crippen molar-refractivity contribution in [3.05, 3.63) is 93.8 Å². The Hall–Kier alpha value is -3.65. The summed E-state index contributed by atoms with van der Waals surface area (Å²) >= 11 is 1.30. The zero-order chi connectivity index (χ0) is 22.7. The van der Waals surface area contributed by atoms with E-state index in [2.05, 4.69) is 5.32 Å². The van der Waals surface area contributed by atoms with Gasteiger partial charge in [0.1, 0.15) is 5.52 Å². The number of thioether (sulfide) groups is 1. The number of carbonyl (C=O) groups excluding carboxylic acids is 2. The fourth-order valence-corrected chi connectivity index (χ4v) is 4.28. The molecule has 8 heteroatoms. The van der Waals surface area contributed by atoms with Crippen LogP contribution in [-0.2, 0) is 0 Å². The van der Waals surface area contributed by atoms with Gasteiger partial charge in [-0.15, -0.1) is 0 Å². The number of rotatable bonds is 7. The molecule has 1 N–H and O–H groups in total. The molecular weight excluding hydrogens is 426 g/mol. The first-order valence-corrected chi connectivity index (χ1v) is 11.2. The van der Waals surface area contributed by atoms with Gasteiger partial charge in [0.2, 0.25) is 5.78 Å². The van der Waals surface area contributed by atoms with Gasteiger partial charge in [-0.1, -0.05) is 42.5 Å². The average molecular weight is 448 g/mol. The number of hydrogen-bond acceptors (Lipinski definition) is 5. The van der Waals surface area contributed by atoms with Crippen LogP contribution in [-0.4, -0.2) is 34.5 Å². The van der Waals surface area contributed by atoms with Crippen LogP contribution in [0.25, 0.3) is 21.8 Å². The maximum Gasteiger partial charge on any atom is 0.325 e. The van der Waals surface area contributed by atoms with Gasteiger partial charge in [-0.05, 0) is 35.9 Å². The summed E-state index contributed by atoms with van der Waals surface area (Å²) in [5.41, 5.74) is 0.883. The van der Waals surface area contributed by atoms with Crippen LogP contribution in [0.4, 0.5) is 0 Å². The predicted molar refractivity (Wildman–Crippen MR) is 127 cm³/mol. The molecule has 0 radical (unpaired) electrons. The lowest BCUT2D eigenvalue weighted by atomic mass is 10.1. The van der Waals surface area contributed by atoms with E-state index in [0.717, 1.165) is 10.8 Å². The van der Waals surface area contributed by atoms with Gasteiger partial charge in [0.15, 0.2) is 0 Å². The summed E-state index contributed by atoms with van der Waals surface area (Å²) < 4.78 is 1.15. The maximum absolute atomic E-state index is 12.6. The molecule has 0 spiro atoms. The third-order valence-corrected chi connectivity index (χ3v) is 6.17. The molecule has 4 aromatic rings. The Bertz CT molecular complexity index is 1400. The molecule has 162 valence electrons. The van der Waals surface area contributed by atoms with Crippen molar-refractivity contribution >= 4 is 45.3 Å². The summed E-state index contributed by atoms with van der Waals surface area (Å²) in [4.78, 5) is 37.7. The van der Waals surface area contributed by atoms with Gasteiger partial charge in [-0.2, -0.15) is 11.8 Å². The predicted octanol–water partition coefficient (Wildman–Crippen LogP) is 3.71. The van der Waals surface area contributed by atoms with Crippen LogP contribution in [0, 0.1) is 17.0 Å². The number of ketones is 1. The largest absolute Gasteiger partial charge is 0.805 e. The summed E-state index contributed by atoms with van der Waals surface area (Å²) in [7, 11) is 0. The second-order valence-electron chi connectivity index (χ2n) is 7.31. The van der Waals surface area contributed by atoms with Crippen LogP contribution in [0.1, 0.15) is 26.5 Å². The smallest absolute Gasteiger partial charge is 0.325 e. The molecule has 0 bridgehead atoms. The molecule has 32 heavy (non-hydrogen) atoms. The summed E-state index contributed by atoms with van der Waals surface area (Å²) in [5.74, 6) is -0.0715. The molecule has 1 aromatic heterocycles. The van der Waals surface area contributed by atoms with Crippen molar-refractivity contribution < 1.29 is 14.0 Å². The molecule has 3 aromatic carbocycles. The first-order chi connectivity index (χ1) is 15.5. The van der Waals surface area contributed by atoms with E-state index in [9.17, 15) is 19.7 Å². The van der Waals surface area contributed by atoms with Gasteiger partial charge in [0.25, 0.3) is 11.4 Å². The standard InChI is InChI=1S/C24H21N3O4S/c1-16-23(27(31)21-9-5-4-8-20(21)26(16)30)22(28)15-32-13-12-25-24(29)19-11-10-17-6-2-3-7-18(17)14-19/h2-11,14H,12-13,15H2,1H3,(H,25,29). The quantitative estimate of drug-likeness (QED) is 0.265. The lowest BCUT2D eigenvalue weighted by Crippen LogP contribution is -2.31. The lowest BCUT2D eigenvalue weighted by Gasteiger charge is -2.15. The molecule has 1 heterocycles. The molecule has 1 amide bonds. The van der Waals surface area contributed by atoms with E-state index in [1.54, 1.807) is 24.3 Å². The summed E-state index contributed by atoms with van der Waals surface area (Å²) in [6.07, 6.45) is 0. The van der Waals surface area contributed by atoms with Crippen molar-refractivity contribution in [1.82, 2.24) is 10.0 Å². The highest BCUT2D eigenvalue weighted by molar-refractivity contribution is 8.00. The number of Topliss-reactive ketones (excluding diaryl/α,β-unsaturated/α-hetero) is 1. The minimum Gasteiger partial charge on any atom is -0.805 e. The van der Waals surface area contributed by atoms with Crippen molar-refractivity contribution in [2.24, 2.45) is 0 Å². The van der Waals surface area contributed by atoms with Crippen molar-refractivity contribution in [3.8, 4) is 0 Å². The van der Waals surface area contributed by atoms with E-state index in [1.807, 2.05) is 36.4 Å². The summed E-state index contributed by atoms with van der Waals surface area (Å²) in [6.45, 7) is 1.84. The SMILES string of the molecule is Cc1c(C(=O)CSCCNC(=O)c2ccc3ccccc3c2)[n+](=O)c2ccccc2n1[O-].